The summed E-state index contributed by atoms with van der Waals surface area (Å²) in [6, 6.07) is 3.33. The number of thiazole rings is 1. The minimum Gasteiger partial charge on any atom is -0.346 e. The number of anilines is 1. The van der Waals surface area contributed by atoms with E-state index in [0.29, 0.717) is 17.9 Å². The number of nitrogens with two attached hydrogens (primary N) is 1. The van der Waals surface area contributed by atoms with Crippen molar-refractivity contribution >= 4 is 23.1 Å². The monoisotopic (exact) mass is 291 g/mol. The molecule has 0 saturated carbocycles. The van der Waals surface area contributed by atoms with E-state index in [1.807, 2.05) is 13.1 Å². The largest absolute Gasteiger partial charge is 0.346 e. The van der Waals surface area contributed by atoms with Crippen LogP contribution >= 0.6 is 11.3 Å². The maximum Gasteiger partial charge on any atom is 0.251 e. The van der Waals surface area contributed by atoms with Crippen molar-refractivity contribution in [2.24, 2.45) is 5.84 Å². The van der Waals surface area contributed by atoms with Crippen molar-refractivity contribution in [1.82, 2.24) is 15.3 Å². The second kappa shape index (κ2) is 6.44. The Morgan fingerprint density at radius 3 is 2.90 bits per heavy atom. The van der Waals surface area contributed by atoms with Crippen LogP contribution in [0.15, 0.2) is 18.3 Å². The second-order valence-electron chi connectivity index (χ2n) is 4.28. The molecule has 0 aliphatic carbocycles. The lowest BCUT2D eigenvalue weighted by molar-refractivity contribution is 0.0950. The third kappa shape index (κ3) is 3.52. The van der Waals surface area contributed by atoms with Crippen molar-refractivity contribution in [3.05, 3.63) is 39.5 Å². The number of aryl methyl sites for hydroxylation is 2. The van der Waals surface area contributed by atoms with Crippen LogP contribution in [-0.2, 0) is 13.0 Å². The fraction of sp³-hybridized carbons (Fsp3) is 0.308. The van der Waals surface area contributed by atoms with E-state index in [2.05, 4.69) is 27.6 Å². The molecule has 0 fully saturated rings. The van der Waals surface area contributed by atoms with E-state index in [9.17, 15) is 4.79 Å². The summed E-state index contributed by atoms with van der Waals surface area (Å²) in [7, 11) is 0. The molecule has 20 heavy (non-hydrogen) atoms. The molecular weight excluding hydrogens is 274 g/mol. The van der Waals surface area contributed by atoms with Gasteiger partial charge in [-0.25, -0.2) is 15.8 Å². The van der Waals surface area contributed by atoms with Gasteiger partial charge in [-0.05, 0) is 25.5 Å². The molecular formula is C13H17N5OS. The molecule has 0 radical (unpaired) electrons. The molecule has 2 heterocycles. The molecule has 0 spiro atoms. The summed E-state index contributed by atoms with van der Waals surface area (Å²) in [5.41, 5.74) is 3.70. The van der Waals surface area contributed by atoms with Crippen molar-refractivity contribution in [2.45, 2.75) is 26.8 Å². The first-order valence-electron chi connectivity index (χ1n) is 6.29. The van der Waals surface area contributed by atoms with Gasteiger partial charge in [0, 0.05) is 22.3 Å². The topological polar surface area (TPSA) is 92.9 Å². The molecule has 0 aromatic carbocycles. The molecule has 0 saturated heterocycles. The van der Waals surface area contributed by atoms with E-state index < -0.39 is 0 Å². The van der Waals surface area contributed by atoms with Crippen LogP contribution in [0.4, 0.5) is 5.82 Å². The van der Waals surface area contributed by atoms with Crippen LogP contribution in [-0.4, -0.2) is 15.9 Å². The quantitative estimate of drug-likeness (QED) is 0.575. The molecule has 106 valence electrons. The lowest BCUT2D eigenvalue weighted by Gasteiger charge is -2.06. The first-order valence-corrected chi connectivity index (χ1v) is 7.11. The molecule has 2 rings (SSSR count). The predicted octanol–water partition coefficient (Wildman–Crippen LogP) is 1.62. The molecule has 0 atom stereocenters. The zero-order valence-electron chi connectivity index (χ0n) is 11.4. The minimum absolute atomic E-state index is 0.166. The molecule has 2 aromatic heterocycles. The van der Waals surface area contributed by atoms with E-state index in [1.54, 1.807) is 23.5 Å². The molecule has 6 nitrogen and oxygen atoms in total. The van der Waals surface area contributed by atoms with Gasteiger partial charge in [0.05, 0.1) is 6.54 Å². The Balaban J connectivity index is 2.02. The van der Waals surface area contributed by atoms with Gasteiger partial charge >= 0.3 is 0 Å². The molecule has 4 N–H and O–H groups in total. The number of rotatable bonds is 5. The highest BCUT2D eigenvalue weighted by Gasteiger charge is 2.09. The van der Waals surface area contributed by atoms with E-state index >= 15 is 0 Å². The average Bonchev–Trinajstić information content (AvgIpc) is 2.92. The lowest BCUT2D eigenvalue weighted by Crippen LogP contribution is -2.23. The number of carbonyl (C=O) groups excluding carboxylic acids is 1. The summed E-state index contributed by atoms with van der Waals surface area (Å²) < 4.78 is 0. The van der Waals surface area contributed by atoms with Crippen molar-refractivity contribution in [3.8, 4) is 0 Å². The van der Waals surface area contributed by atoms with Gasteiger partial charge in [0.1, 0.15) is 10.8 Å². The Hall–Kier alpha value is -1.99. The third-order valence-electron chi connectivity index (χ3n) is 2.71. The number of nitrogens with zero attached hydrogens (tertiary/aromatic N) is 2. The maximum absolute atomic E-state index is 12.1. The summed E-state index contributed by atoms with van der Waals surface area (Å²) >= 11 is 1.61. The Kier molecular flexibility index (Phi) is 4.65. The van der Waals surface area contributed by atoms with E-state index in [-0.39, 0.29) is 5.91 Å². The Morgan fingerprint density at radius 2 is 2.25 bits per heavy atom. The zero-order valence-corrected chi connectivity index (χ0v) is 12.3. The zero-order chi connectivity index (χ0) is 14.5. The number of pyridine rings is 1. The van der Waals surface area contributed by atoms with Crippen LogP contribution in [0, 0.1) is 6.92 Å². The van der Waals surface area contributed by atoms with Gasteiger partial charge in [-0.1, -0.05) is 6.92 Å². The molecule has 0 unspecified atom stereocenters. The highest BCUT2D eigenvalue weighted by Crippen LogP contribution is 2.13. The normalized spacial score (nSPS) is 10.3. The Labute approximate surface area is 121 Å². The smallest absolute Gasteiger partial charge is 0.251 e. The number of hydrogen-bond donors (Lipinski definition) is 3. The summed E-state index contributed by atoms with van der Waals surface area (Å²) in [6.45, 7) is 4.32. The highest BCUT2D eigenvalue weighted by molar-refractivity contribution is 7.11. The molecule has 0 aliphatic heterocycles. The summed E-state index contributed by atoms with van der Waals surface area (Å²) in [4.78, 5) is 21.7. The average molecular weight is 291 g/mol. The number of carbonyl (C=O) groups is 1. The molecule has 2 aromatic rings. The Morgan fingerprint density at radius 1 is 1.45 bits per heavy atom. The fourth-order valence-electron chi connectivity index (χ4n) is 1.72. The summed E-state index contributed by atoms with van der Waals surface area (Å²) in [5, 5.41) is 3.74. The van der Waals surface area contributed by atoms with Gasteiger partial charge in [0.25, 0.3) is 5.91 Å². The van der Waals surface area contributed by atoms with Crippen molar-refractivity contribution in [2.75, 3.05) is 5.43 Å². The maximum atomic E-state index is 12.1. The van der Waals surface area contributed by atoms with Crippen molar-refractivity contribution in [3.63, 3.8) is 0 Å². The number of nitrogens with one attached hydrogen (secondary N) is 2. The van der Waals surface area contributed by atoms with Gasteiger partial charge < -0.3 is 10.7 Å². The van der Waals surface area contributed by atoms with Gasteiger partial charge in [-0.15, -0.1) is 11.3 Å². The number of aromatic nitrogens is 2. The van der Waals surface area contributed by atoms with Crippen LogP contribution < -0.4 is 16.6 Å². The first kappa shape index (κ1) is 14.4. The fourth-order valence-corrected chi connectivity index (χ4v) is 2.53. The van der Waals surface area contributed by atoms with E-state index in [4.69, 9.17) is 5.84 Å². The number of nitrogen functional groups attached to an aromatic ring is 1. The molecule has 1 amide bonds. The highest BCUT2D eigenvalue weighted by atomic mass is 32.1. The predicted molar refractivity (Wildman–Crippen MR) is 79.4 cm³/mol. The van der Waals surface area contributed by atoms with Gasteiger partial charge in [0.2, 0.25) is 0 Å². The molecule has 7 heteroatoms. The standard InChI is InChI=1S/C13H17N5OS/c1-3-10-6-15-12(20-10)7-16-13(19)9-4-8(2)17-11(5-9)18-14/h4-6H,3,7,14H2,1-2H3,(H,16,19)(H,17,18). The van der Waals surface area contributed by atoms with Crippen LogP contribution in [0.25, 0.3) is 0 Å². The first-order chi connectivity index (χ1) is 9.62. The number of amides is 1. The summed E-state index contributed by atoms with van der Waals surface area (Å²) in [6.07, 6.45) is 2.81. The van der Waals surface area contributed by atoms with Crippen LogP contribution in [0.3, 0.4) is 0 Å². The van der Waals surface area contributed by atoms with Crippen LogP contribution in [0.1, 0.15) is 32.9 Å². The van der Waals surface area contributed by atoms with Crippen molar-refractivity contribution < 1.29 is 4.79 Å². The van der Waals surface area contributed by atoms with E-state index in [1.165, 1.54) is 4.88 Å². The van der Waals surface area contributed by atoms with Crippen LogP contribution in [0.5, 0.6) is 0 Å². The third-order valence-corrected chi connectivity index (χ3v) is 3.86. The van der Waals surface area contributed by atoms with Gasteiger partial charge in [0.15, 0.2) is 0 Å². The van der Waals surface area contributed by atoms with E-state index in [0.717, 1.165) is 17.1 Å². The van der Waals surface area contributed by atoms with Crippen LogP contribution in [0.2, 0.25) is 0 Å². The minimum atomic E-state index is -0.166. The van der Waals surface area contributed by atoms with Gasteiger partial charge in [-0.3, -0.25) is 4.79 Å². The number of hydrogen-bond acceptors (Lipinski definition) is 6. The van der Waals surface area contributed by atoms with Crippen molar-refractivity contribution in [1.29, 1.82) is 0 Å². The number of hydrazine groups is 1. The summed E-state index contributed by atoms with van der Waals surface area (Å²) in [5.74, 6) is 5.62. The Bertz CT molecular complexity index is 611. The SMILES string of the molecule is CCc1cnc(CNC(=O)c2cc(C)nc(NN)c2)s1. The molecule has 0 bridgehead atoms. The van der Waals surface area contributed by atoms with Gasteiger partial charge in [-0.2, -0.15) is 0 Å². The second-order valence-corrected chi connectivity index (χ2v) is 5.48. The molecule has 0 aliphatic rings. The lowest BCUT2D eigenvalue weighted by atomic mass is 10.2.